The number of nitrogens with two attached hydrogens (primary N) is 1. The number of carbonyl (C=O) groups excluding carboxylic acids is 1. The van der Waals surface area contributed by atoms with Crippen molar-refractivity contribution in [2.45, 2.75) is 52.4 Å². The molecule has 0 fully saturated rings. The van der Waals surface area contributed by atoms with E-state index in [2.05, 4.69) is 0 Å². The predicted molar refractivity (Wildman–Crippen MR) is 101 cm³/mol. The molecule has 0 aliphatic carbocycles. The number of phenolic OH excluding ortho intramolecular Hbond substituents is 1. The highest BCUT2D eigenvalue weighted by molar-refractivity contribution is 5.92. The van der Waals surface area contributed by atoms with Gasteiger partial charge in [0.1, 0.15) is 5.75 Å². The number of rotatable bonds is 2. The van der Waals surface area contributed by atoms with Crippen molar-refractivity contribution >= 4 is 11.7 Å². The van der Waals surface area contributed by atoms with E-state index in [1.54, 1.807) is 36.4 Å². The molecule has 0 amide bonds. The van der Waals surface area contributed by atoms with Crippen molar-refractivity contribution in [1.29, 1.82) is 0 Å². The Bertz CT molecular complexity index is 761. The van der Waals surface area contributed by atoms with Gasteiger partial charge >= 0.3 is 5.97 Å². The molecule has 4 nitrogen and oxygen atoms in total. The summed E-state index contributed by atoms with van der Waals surface area (Å²) < 4.78 is 5.46. The summed E-state index contributed by atoms with van der Waals surface area (Å²) >= 11 is 0. The second-order valence-corrected chi connectivity index (χ2v) is 8.35. The molecule has 3 N–H and O–H groups in total. The van der Waals surface area contributed by atoms with Gasteiger partial charge in [-0.25, -0.2) is 4.79 Å². The maximum Gasteiger partial charge on any atom is 0.343 e. The van der Waals surface area contributed by atoms with E-state index in [4.69, 9.17) is 10.5 Å². The lowest BCUT2D eigenvalue weighted by Crippen LogP contribution is -2.20. The van der Waals surface area contributed by atoms with E-state index in [0.29, 0.717) is 28.1 Å². The molecular weight excluding hydrogens is 314 g/mol. The fourth-order valence-electron chi connectivity index (χ4n) is 2.63. The van der Waals surface area contributed by atoms with Crippen LogP contribution in [0.2, 0.25) is 0 Å². The van der Waals surface area contributed by atoms with Gasteiger partial charge in [-0.05, 0) is 35.1 Å². The van der Waals surface area contributed by atoms with E-state index < -0.39 is 5.97 Å². The topological polar surface area (TPSA) is 72.5 Å². The van der Waals surface area contributed by atoms with E-state index in [0.717, 1.165) is 0 Å². The van der Waals surface area contributed by atoms with Crippen LogP contribution in [0.5, 0.6) is 11.5 Å². The summed E-state index contributed by atoms with van der Waals surface area (Å²) in [6.45, 7) is 12.0. The van der Waals surface area contributed by atoms with Gasteiger partial charge in [0, 0.05) is 11.1 Å². The normalized spacial score (nSPS) is 12.1. The first-order chi connectivity index (χ1) is 11.4. The molecule has 4 heteroatoms. The number of nitrogen functional groups attached to an aromatic ring is 1. The van der Waals surface area contributed by atoms with Gasteiger partial charge in [0.2, 0.25) is 0 Å². The third-order valence-electron chi connectivity index (χ3n) is 4.08. The van der Waals surface area contributed by atoms with Crippen LogP contribution in [0, 0.1) is 0 Å². The molecule has 0 atom stereocenters. The van der Waals surface area contributed by atoms with Crippen LogP contribution in [0.15, 0.2) is 36.4 Å². The first-order valence-electron chi connectivity index (χ1n) is 8.36. The number of phenols is 1. The third-order valence-corrected chi connectivity index (χ3v) is 4.08. The summed E-state index contributed by atoms with van der Waals surface area (Å²) in [6.07, 6.45) is 0. The van der Waals surface area contributed by atoms with Crippen LogP contribution in [0.3, 0.4) is 0 Å². The number of hydrogen-bond donors (Lipinski definition) is 2. The van der Waals surface area contributed by atoms with E-state index >= 15 is 0 Å². The molecule has 134 valence electrons. The van der Waals surface area contributed by atoms with E-state index in [9.17, 15) is 9.90 Å². The summed E-state index contributed by atoms with van der Waals surface area (Å²) in [7, 11) is 0. The minimum Gasteiger partial charge on any atom is -0.507 e. The van der Waals surface area contributed by atoms with Crippen LogP contribution in [-0.4, -0.2) is 11.1 Å². The van der Waals surface area contributed by atoms with E-state index in [1.165, 1.54) is 0 Å². The Morgan fingerprint density at radius 3 is 1.88 bits per heavy atom. The van der Waals surface area contributed by atoms with Crippen LogP contribution in [-0.2, 0) is 10.8 Å². The Morgan fingerprint density at radius 1 is 0.960 bits per heavy atom. The van der Waals surface area contributed by atoms with Gasteiger partial charge in [-0.2, -0.15) is 0 Å². The van der Waals surface area contributed by atoms with Crippen LogP contribution < -0.4 is 10.5 Å². The monoisotopic (exact) mass is 341 g/mol. The second-order valence-electron chi connectivity index (χ2n) is 8.35. The Labute approximate surface area is 149 Å². The number of anilines is 1. The largest absolute Gasteiger partial charge is 0.507 e. The van der Waals surface area contributed by atoms with Crippen molar-refractivity contribution in [3.63, 3.8) is 0 Å². The van der Waals surface area contributed by atoms with Crippen molar-refractivity contribution in [2.24, 2.45) is 0 Å². The predicted octanol–water partition coefficient (Wildman–Crippen LogP) is 4.79. The Kier molecular flexibility index (Phi) is 4.85. The number of hydrogen-bond acceptors (Lipinski definition) is 4. The number of para-hydroxylation sites is 2. The molecule has 0 spiro atoms. The van der Waals surface area contributed by atoms with Gasteiger partial charge in [-0.1, -0.05) is 53.7 Å². The quantitative estimate of drug-likeness (QED) is 0.468. The van der Waals surface area contributed by atoms with Gasteiger partial charge in [0.25, 0.3) is 0 Å². The van der Waals surface area contributed by atoms with Crippen molar-refractivity contribution < 1.29 is 14.6 Å². The Morgan fingerprint density at radius 2 is 1.44 bits per heavy atom. The molecule has 0 aliphatic heterocycles. The number of esters is 1. The summed E-state index contributed by atoms with van der Waals surface area (Å²) in [5.74, 6) is 0.0693. The van der Waals surface area contributed by atoms with Crippen LogP contribution in [0.1, 0.15) is 63.0 Å². The average Bonchev–Trinajstić information content (AvgIpc) is 2.47. The molecule has 2 rings (SSSR count). The van der Waals surface area contributed by atoms with Crippen LogP contribution in [0.4, 0.5) is 5.69 Å². The molecule has 0 heterocycles. The van der Waals surface area contributed by atoms with Crippen LogP contribution >= 0.6 is 0 Å². The molecule has 0 bridgehead atoms. The zero-order valence-corrected chi connectivity index (χ0v) is 15.8. The molecule has 2 aromatic carbocycles. The maximum absolute atomic E-state index is 12.7. The summed E-state index contributed by atoms with van der Waals surface area (Å²) in [6, 6.07) is 10.3. The van der Waals surface area contributed by atoms with Crippen molar-refractivity contribution in [1.82, 2.24) is 0 Å². The summed E-state index contributed by atoms with van der Waals surface area (Å²) in [5, 5.41) is 10.7. The lowest BCUT2D eigenvalue weighted by Gasteiger charge is -2.28. The van der Waals surface area contributed by atoms with Crippen molar-refractivity contribution in [2.75, 3.05) is 5.73 Å². The van der Waals surface area contributed by atoms with Gasteiger partial charge in [-0.3, -0.25) is 0 Å². The zero-order chi connectivity index (χ0) is 19.0. The molecule has 0 aliphatic rings. The zero-order valence-electron chi connectivity index (χ0n) is 15.8. The first kappa shape index (κ1) is 18.8. The van der Waals surface area contributed by atoms with Gasteiger partial charge in [0.05, 0.1) is 11.3 Å². The fraction of sp³-hybridized carbons (Fsp3) is 0.381. The highest BCUT2D eigenvalue weighted by Crippen LogP contribution is 2.40. The lowest BCUT2D eigenvalue weighted by atomic mass is 9.78. The van der Waals surface area contributed by atoms with Gasteiger partial charge in [-0.15, -0.1) is 0 Å². The molecule has 0 radical (unpaired) electrons. The van der Waals surface area contributed by atoms with Crippen LogP contribution in [0.25, 0.3) is 0 Å². The smallest absolute Gasteiger partial charge is 0.343 e. The van der Waals surface area contributed by atoms with Gasteiger partial charge < -0.3 is 15.6 Å². The van der Waals surface area contributed by atoms with E-state index in [1.807, 2.05) is 41.5 Å². The number of ether oxygens (including phenoxy) is 1. The van der Waals surface area contributed by atoms with E-state index in [-0.39, 0.29) is 16.6 Å². The standard InChI is InChI=1S/C21H27NO3/c1-20(2,3)14-11-13(12-15(18(14)23)21(4,5)6)19(24)25-17-10-8-7-9-16(17)22/h7-12,23H,22H2,1-6H3. The Balaban J connectivity index is 2.54. The molecule has 0 saturated heterocycles. The molecule has 0 aromatic heterocycles. The Hall–Kier alpha value is -2.49. The number of benzene rings is 2. The SMILES string of the molecule is CC(C)(C)c1cc(C(=O)Oc2ccccc2N)cc(C(C)(C)C)c1O. The average molecular weight is 341 g/mol. The number of carbonyl (C=O) groups is 1. The van der Waals surface area contributed by atoms with Crippen molar-refractivity contribution in [3.8, 4) is 11.5 Å². The first-order valence-corrected chi connectivity index (χ1v) is 8.36. The summed E-state index contributed by atoms with van der Waals surface area (Å²) in [5.41, 5.74) is 7.46. The lowest BCUT2D eigenvalue weighted by molar-refractivity contribution is 0.0735. The molecular formula is C21H27NO3. The van der Waals surface area contributed by atoms with Gasteiger partial charge in [0.15, 0.2) is 5.75 Å². The summed E-state index contributed by atoms with van der Waals surface area (Å²) in [4.78, 5) is 12.7. The molecule has 2 aromatic rings. The van der Waals surface area contributed by atoms with Crippen molar-refractivity contribution in [3.05, 3.63) is 53.1 Å². The third kappa shape index (κ3) is 4.13. The minimum atomic E-state index is -0.492. The highest BCUT2D eigenvalue weighted by atomic mass is 16.5. The second kappa shape index (κ2) is 6.43. The molecule has 0 saturated carbocycles. The fourth-order valence-corrected chi connectivity index (χ4v) is 2.63. The minimum absolute atomic E-state index is 0.232. The highest BCUT2D eigenvalue weighted by Gasteiger charge is 2.28. The molecule has 0 unspecified atom stereocenters. The molecule has 25 heavy (non-hydrogen) atoms. The number of aromatic hydroxyl groups is 1. The maximum atomic E-state index is 12.7.